The first kappa shape index (κ1) is 16.0. The van der Waals surface area contributed by atoms with Crippen molar-refractivity contribution in [2.24, 2.45) is 0 Å². The van der Waals surface area contributed by atoms with Crippen LogP contribution in [0.15, 0.2) is 47.4 Å². The van der Waals surface area contributed by atoms with Crippen LogP contribution in [0.4, 0.5) is 0 Å². The van der Waals surface area contributed by atoms with Crippen LogP contribution in [0, 0.1) is 6.92 Å². The summed E-state index contributed by atoms with van der Waals surface area (Å²) in [5, 5.41) is 0.303. The zero-order valence-corrected chi connectivity index (χ0v) is 13.5. The molecule has 2 aromatic carbocycles. The molecule has 0 amide bonds. The summed E-state index contributed by atoms with van der Waals surface area (Å²) >= 11 is 11.7. The number of carbonyl (C=O) groups excluding carboxylic acids is 1. The van der Waals surface area contributed by atoms with Crippen LogP contribution >= 0.6 is 23.2 Å². The van der Waals surface area contributed by atoms with Crippen LogP contribution in [0.1, 0.15) is 15.9 Å². The van der Waals surface area contributed by atoms with Gasteiger partial charge >= 0.3 is 0 Å². The van der Waals surface area contributed by atoms with Gasteiger partial charge in [-0.15, -0.1) is 0 Å². The van der Waals surface area contributed by atoms with Crippen LogP contribution in [0.3, 0.4) is 0 Å². The number of halogens is 2. The van der Waals surface area contributed by atoms with E-state index in [1.165, 1.54) is 18.2 Å². The highest BCUT2D eigenvalue weighted by molar-refractivity contribution is 7.92. The highest BCUT2D eigenvalue weighted by atomic mass is 35.5. The minimum atomic E-state index is -3.84. The van der Waals surface area contributed by atoms with Gasteiger partial charge in [0.15, 0.2) is 15.6 Å². The van der Waals surface area contributed by atoms with Crippen molar-refractivity contribution in [3.05, 3.63) is 63.6 Å². The predicted molar refractivity (Wildman–Crippen MR) is 84.0 cm³/mol. The number of hydrogen-bond acceptors (Lipinski definition) is 3. The number of carbonyl (C=O) groups is 1. The molecule has 0 atom stereocenters. The van der Waals surface area contributed by atoms with Gasteiger partial charge in [-0.05, 0) is 25.1 Å². The molecule has 3 nitrogen and oxygen atoms in total. The molecule has 0 aliphatic heterocycles. The van der Waals surface area contributed by atoms with E-state index >= 15 is 0 Å². The van der Waals surface area contributed by atoms with Crippen LogP contribution in [-0.2, 0) is 9.84 Å². The summed E-state index contributed by atoms with van der Waals surface area (Å²) in [6.45, 7) is 1.89. The normalized spacial score (nSPS) is 11.4. The van der Waals surface area contributed by atoms with E-state index in [1.807, 2.05) is 6.92 Å². The highest BCUT2D eigenvalue weighted by Crippen LogP contribution is 2.26. The van der Waals surface area contributed by atoms with Gasteiger partial charge in [0.05, 0.1) is 9.92 Å². The Balaban J connectivity index is 2.31. The summed E-state index contributed by atoms with van der Waals surface area (Å²) < 4.78 is 24.6. The molecule has 0 aromatic heterocycles. The molecule has 0 saturated carbocycles. The van der Waals surface area contributed by atoms with Crippen LogP contribution < -0.4 is 0 Å². The van der Waals surface area contributed by atoms with Crippen molar-refractivity contribution in [1.29, 1.82) is 0 Å². The van der Waals surface area contributed by atoms with E-state index in [0.29, 0.717) is 5.56 Å². The maximum absolute atomic E-state index is 12.3. The van der Waals surface area contributed by atoms with E-state index in [2.05, 4.69) is 0 Å². The number of sulfone groups is 1. The molecule has 0 aliphatic rings. The number of Topliss-reactive ketones (excluding diaryl/α,β-unsaturated/α-hetero) is 1. The fraction of sp³-hybridized carbons (Fsp3) is 0.133. The summed E-state index contributed by atoms with van der Waals surface area (Å²) in [5.41, 5.74) is 1.34. The Morgan fingerprint density at radius 3 is 2.29 bits per heavy atom. The molecule has 21 heavy (non-hydrogen) atoms. The molecule has 0 saturated heterocycles. The second kappa shape index (κ2) is 6.18. The minimum absolute atomic E-state index is 0.0520. The summed E-state index contributed by atoms with van der Waals surface area (Å²) in [6, 6.07) is 10.9. The van der Waals surface area contributed by atoms with Gasteiger partial charge in [0.2, 0.25) is 0 Å². The van der Waals surface area contributed by atoms with Crippen molar-refractivity contribution in [1.82, 2.24) is 0 Å². The fourth-order valence-electron chi connectivity index (χ4n) is 1.79. The Bertz CT molecular complexity index is 781. The van der Waals surface area contributed by atoms with Crippen molar-refractivity contribution < 1.29 is 13.2 Å². The van der Waals surface area contributed by atoms with Crippen LogP contribution in [-0.4, -0.2) is 20.0 Å². The number of aryl methyl sites for hydroxylation is 1. The van der Waals surface area contributed by atoms with E-state index in [1.54, 1.807) is 24.3 Å². The third-order valence-electron chi connectivity index (χ3n) is 2.92. The largest absolute Gasteiger partial charge is 0.293 e. The molecule has 0 fully saturated rings. The molecule has 0 heterocycles. The van der Waals surface area contributed by atoms with Gasteiger partial charge in [-0.3, -0.25) is 4.79 Å². The molecule has 0 radical (unpaired) electrons. The number of rotatable bonds is 4. The standard InChI is InChI=1S/C15H12Cl2O3S/c1-10-2-4-11(5-3-10)14(18)9-21(19,20)15-8-12(16)6-7-13(15)17/h2-8H,9H2,1H3. The topological polar surface area (TPSA) is 51.2 Å². The molecule has 110 valence electrons. The van der Waals surface area contributed by atoms with Gasteiger partial charge in [0, 0.05) is 10.6 Å². The maximum Gasteiger partial charge on any atom is 0.187 e. The van der Waals surface area contributed by atoms with Crippen LogP contribution in [0.2, 0.25) is 10.0 Å². The van der Waals surface area contributed by atoms with E-state index in [0.717, 1.165) is 5.56 Å². The van der Waals surface area contributed by atoms with Crippen LogP contribution in [0.25, 0.3) is 0 Å². The van der Waals surface area contributed by atoms with Crippen molar-refractivity contribution >= 4 is 38.8 Å². The summed E-state index contributed by atoms with van der Waals surface area (Å²) in [5.74, 6) is -1.12. The molecular formula is C15H12Cl2O3S. The number of ketones is 1. The summed E-state index contributed by atoms with van der Waals surface area (Å²) in [4.78, 5) is 12.0. The summed E-state index contributed by atoms with van der Waals surface area (Å²) in [6.07, 6.45) is 0. The van der Waals surface area contributed by atoms with Gasteiger partial charge in [-0.25, -0.2) is 8.42 Å². The second-order valence-corrected chi connectivity index (χ2v) is 7.42. The van der Waals surface area contributed by atoms with Gasteiger partial charge < -0.3 is 0 Å². The van der Waals surface area contributed by atoms with Crippen molar-refractivity contribution in [3.8, 4) is 0 Å². The van der Waals surface area contributed by atoms with E-state index in [9.17, 15) is 13.2 Å². The monoisotopic (exact) mass is 342 g/mol. The Morgan fingerprint density at radius 2 is 1.67 bits per heavy atom. The molecule has 0 aliphatic carbocycles. The first-order chi connectivity index (χ1) is 9.79. The lowest BCUT2D eigenvalue weighted by Crippen LogP contribution is -2.16. The van der Waals surface area contributed by atoms with Gasteiger partial charge in [0.1, 0.15) is 5.75 Å². The minimum Gasteiger partial charge on any atom is -0.293 e. The van der Waals surface area contributed by atoms with Gasteiger partial charge in [-0.1, -0.05) is 53.0 Å². The lowest BCUT2D eigenvalue weighted by atomic mass is 10.1. The molecule has 0 spiro atoms. The molecule has 0 bridgehead atoms. The Kier molecular flexibility index (Phi) is 4.71. The molecule has 0 N–H and O–H groups in total. The first-order valence-corrected chi connectivity index (χ1v) is 8.48. The fourth-order valence-corrected chi connectivity index (χ4v) is 3.83. The van der Waals surface area contributed by atoms with Crippen molar-refractivity contribution in [2.45, 2.75) is 11.8 Å². The highest BCUT2D eigenvalue weighted by Gasteiger charge is 2.23. The quantitative estimate of drug-likeness (QED) is 0.790. The molecule has 0 unspecified atom stereocenters. The first-order valence-electron chi connectivity index (χ1n) is 6.07. The predicted octanol–water partition coefficient (Wildman–Crippen LogP) is 3.96. The zero-order chi connectivity index (χ0) is 15.6. The maximum atomic E-state index is 12.3. The van der Waals surface area contributed by atoms with Crippen molar-refractivity contribution in [3.63, 3.8) is 0 Å². The number of benzene rings is 2. The lowest BCUT2D eigenvalue weighted by Gasteiger charge is -2.07. The third kappa shape index (κ3) is 3.84. The molecule has 2 rings (SSSR count). The number of hydrogen-bond donors (Lipinski definition) is 0. The van der Waals surface area contributed by atoms with Crippen molar-refractivity contribution in [2.75, 3.05) is 5.75 Å². The van der Waals surface area contributed by atoms with Crippen LogP contribution in [0.5, 0.6) is 0 Å². The average Bonchev–Trinajstić information content (AvgIpc) is 2.41. The third-order valence-corrected chi connectivity index (χ3v) is 5.25. The molecule has 6 heteroatoms. The average molecular weight is 343 g/mol. The Labute approximate surface area is 133 Å². The molecule has 2 aromatic rings. The second-order valence-electron chi connectivity index (χ2n) is 4.62. The van der Waals surface area contributed by atoms with E-state index < -0.39 is 21.4 Å². The van der Waals surface area contributed by atoms with Gasteiger partial charge in [0.25, 0.3) is 0 Å². The SMILES string of the molecule is Cc1ccc(C(=O)CS(=O)(=O)c2cc(Cl)ccc2Cl)cc1. The zero-order valence-electron chi connectivity index (χ0n) is 11.1. The Morgan fingerprint density at radius 1 is 1.05 bits per heavy atom. The summed E-state index contributed by atoms with van der Waals surface area (Å²) in [7, 11) is -3.84. The smallest absolute Gasteiger partial charge is 0.187 e. The van der Waals surface area contributed by atoms with Gasteiger partial charge in [-0.2, -0.15) is 0 Å². The molecular weight excluding hydrogens is 331 g/mol. The van der Waals surface area contributed by atoms with E-state index in [4.69, 9.17) is 23.2 Å². The van der Waals surface area contributed by atoms with E-state index in [-0.39, 0.29) is 14.9 Å². The lowest BCUT2D eigenvalue weighted by molar-refractivity contribution is 0.102. The Hall–Kier alpha value is -1.36.